The van der Waals surface area contributed by atoms with Crippen molar-refractivity contribution in [2.45, 2.75) is 26.9 Å². The third kappa shape index (κ3) is 3.93. The number of nitrogens with zero attached hydrogens (tertiary/aromatic N) is 2. The predicted octanol–water partition coefficient (Wildman–Crippen LogP) is 2.24. The molecule has 3 rings (SSSR count). The highest BCUT2D eigenvalue weighted by Gasteiger charge is 2.32. The number of carbonyl (C=O) groups excluding carboxylic acids is 2. The Kier molecular flexibility index (Phi) is 4.94. The van der Waals surface area contributed by atoms with Gasteiger partial charge in [0.15, 0.2) is 0 Å². The maximum Gasteiger partial charge on any atom is 0.414 e. The quantitative estimate of drug-likeness (QED) is 0.848. The van der Waals surface area contributed by atoms with Crippen LogP contribution in [0.2, 0.25) is 0 Å². The van der Waals surface area contributed by atoms with Gasteiger partial charge in [0.1, 0.15) is 6.10 Å². The first-order valence-electron chi connectivity index (χ1n) is 8.32. The summed E-state index contributed by atoms with van der Waals surface area (Å²) in [4.78, 5) is 30.3. The molecule has 0 saturated carbocycles. The van der Waals surface area contributed by atoms with E-state index in [1.54, 1.807) is 4.90 Å². The number of ether oxygens (including phenoxy) is 1. The molecule has 1 fully saturated rings. The summed E-state index contributed by atoms with van der Waals surface area (Å²) in [5.74, 6) is -0.139. The van der Waals surface area contributed by atoms with Gasteiger partial charge in [-0.05, 0) is 43.7 Å². The minimum absolute atomic E-state index is 0.139. The lowest BCUT2D eigenvalue weighted by Crippen LogP contribution is -2.33. The van der Waals surface area contributed by atoms with Gasteiger partial charge in [0.2, 0.25) is 5.91 Å². The molecule has 1 aromatic carbocycles. The van der Waals surface area contributed by atoms with E-state index in [9.17, 15) is 9.59 Å². The van der Waals surface area contributed by atoms with E-state index < -0.39 is 6.09 Å². The van der Waals surface area contributed by atoms with Crippen molar-refractivity contribution in [3.05, 3.63) is 35.4 Å². The van der Waals surface area contributed by atoms with Crippen LogP contribution in [0.4, 0.5) is 16.2 Å². The molecule has 0 bridgehead atoms. The molecule has 2 aliphatic rings. The molecule has 1 atom stereocenters. The number of hydrogen-bond acceptors (Lipinski definition) is 5. The van der Waals surface area contributed by atoms with Crippen LogP contribution in [0.1, 0.15) is 20.8 Å². The number of benzene rings is 1. The second-order valence-electron chi connectivity index (χ2n) is 6.44. The van der Waals surface area contributed by atoms with Gasteiger partial charge in [-0.3, -0.25) is 14.5 Å². The first-order valence-corrected chi connectivity index (χ1v) is 8.32. The van der Waals surface area contributed by atoms with Crippen LogP contribution in [0.25, 0.3) is 0 Å². The molecular weight excluding hydrogens is 322 g/mol. The summed E-state index contributed by atoms with van der Waals surface area (Å²) in [5.41, 5.74) is 4.27. The van der Waals surface area contributed by atoms with E-state index in [0.29, 0.717) is 19.7 Å². The summed E-state index contributed by atoms with van der Waals surface area (Å²) in [7, 11) is 0. The van der Waals surface area contributed by atoms with Crippen LogP contribution in [-0.4, -0.2) is 44.3 Å². The molecule has 2 aliphatic heterocycles. The fourth-order valence-electron chi connectivity index (χ4n) is 2.75. The van der Waals surface area contributed by atoms with Crippen LogP contribution in [0.5, 0.6) is 0 Å². The Morgan fingerprint density at radius 1 is 1.20 bits per heavy atom. The molecule has 0 unspecified atom stereocenters. The van der Waals surface area contributed by atoms with Gasteiger partial charge in [-0.2, -0.15) is 0 Å². The van der Waals surface area contributed by atoms with Gasteiger partial charge in [-0.15, -0.1) is 0 Å². The van der Waals surface area contributed by atoms with Crippen molar-refractivity contribution in [2.75, 3.05) is 36.2 Å². The molecule has 7 nitrogen and oxygen atoms in total. The van der Waals surface area contributed by atoms with E-state index in [0.717, 1.165) is 17.9 Å². The highest BCUT2D eigenvalue weighted by Crippen LogP contribution is 2.27. The normalized spacial score (nSPS) is 20.8. The number of cyclic esters (lactones) is 1. The zero-order chi connectivity index (χ0) is 18.0. The Bertz CT molecular complexity index is 699. The van der Waals surface area contributed by atoms with Gasteiger partial charge in [-0.25, -0.2) is 9.86 Å². The largest absolute Gasteiger partial charge is 0.442 e. The molecule has 2 heterocycles. The topological polar surface area (TPSA) is 71.1 Å². The lowest BCUT2D eigenvalue weighted by molar-refractivity contribution is -0.119. The lowest BCUT2D eigenvalue weighted by atomic mass is 10.1. The summed E-state index contributed by atoms with van der Waals surface area (Å²) >= 11 is 0. The lowest BCUT2D eigenvalue weighted by Gasteiger charge is -2.30. The van der Waals surface area contributed by atoms with E-state index in [4.69, 9.17) is 9.57 Å². The Labute approximate surface area is 147 Å². The third-order valence-electron chi connectivity index (χ3n) is 4.45. The number of anilines is 2. The average molecular weight is 345 g/mol. The molecule has 1 N–H and O–H groups in total. The maximum atomic E-state index is 12.0. The fourth-order valence-corrected chi connectivity index (χ4v) is 2.75. The van der Waals surface area contributed by atoms with E-state index >= 15 is 0 Å². The predicted molar refractivity (Wildman–Crippen MR) is 94.4 cm³/mol. The summed E-state index contributed by atoms with van der Waals surface area (Å²) in [6.07, 6.45) is -0.732. The summed E-state index contributed by atoms with van der Waals surface area (Å²) in [6.45, 7) is 7.68. The summed E-state index contributed by atoms with van der Waals surface area (Å²) in [6, 6.07) is 7.61. The molecule has 1 aromatic rings. The van der Waals surface area contributed by atoms with Gasteiger partial charge >= 0.3 is 6.09 Å². The van der Waals surface area contributed by atoms with Crippen molar-refractivity contribution in [3.63, 3.8) is 0 Å². The van der Waals surface area contributed by atoms with Gasteiger partial charge in [0.05, 0.1) is 31.9 Å². The van der Waals surface area contributed by atoms with Crippen molar-refractivity contribution in [2.24, 2.45) is 0 Å². The molecule has 0 aliphatic carbocycles. The second-order valence-corrected chi connectivity index (χ2v) is 6.44. The van der Waals surface area contributed by atoms with Crippen molar-refractivity contribution >= 4 is 23.4 Å². The maximum absolute atomic E-state index is 12.0. The van der Waals surface area contributed by atoms with Gasteiger partial charge < -0.3 is 10.1 Å². The Hall–Kier alpha value is -2.54. The number of hydroxylamine groups is 1. The standard InChI is InChI=1S/C18H23N3O4/c1-12-9-21(24-11-13(12)2)16-6-4-15(5-7-16)20-10-17(25-18(20)23)8-19-14(3)22/h4-7,17H,8-11H2,1-3H3,(H,19,22)/t17-/m0/s1. The average Bonchev–Trinajstić information content (AvgIpc) is 2.96. The van der Waals surface area contributed by atoms with E-state index in [1.807, 2.05) is 29.3 Å². The zero-order valence-electron chi connectivity index (χ0n) is 14.7. The highest BCUT2D eigenvalue weighted by atomic mass is 16.7. The van der Waals surface area contributed by atoms with Crippen LogP contribution in [0.15, 0.2) is 35.4 Å². The highest BCUT2D eigenvalue weighted by molar-refractivity contribution is 5.90. The summed E-state index contributed by atoms with van der Waals surface area (Å²) < 4.78 is 5.28. The number of amides is 2. The number of hydrogen-bond donors (Lipinski definition) is 1. The molecule has 134 valence electrons. The number of rotatable bonds is 4. The molecule has 0 radical (unpaired) electrons. The molecule has 0 aromatic heterocycles. The van der Waals surface area contributed by atoms with Gasteiger partial charge in [-0.1, -0.05) is 5.57 Å². The third-order valence-corrected chi connectivity index (χ3v) is 4.45. The van der Waals surface area contributed by atoms with Crippen LogP contribution < -0.4 is 15.3 Å². The molecule has 25 heavy (non-hydrogen) atoms. The Morgan fingerprint density at radius 3 is 2.52 bits per heavy atom. The van der Waals surface area contributed by atoms with Crippen LogP contribution in [0.3, 0.4) is 0 Å². The molecule has 0 spiro atoms. The van der Waals surface area contributed by atoms with Crippen molar-refractivity contribution in [1.29, 1.82) is 0 Å². The number of nitrogens with one attached hydrogen (secondary N) is 1. The van der Waals surface area contributed by atoms with E-state index in [1.165, 1.54) is 18.1 Å². The minimum atomic E-state index is -0.397. The second kappa shape index (κ2) is 7.14. The SMILES string of the molecule is CC(=O)NC[C@H]1CN(c2ccc(N3CC(C)=C(C)CO3)cc2)C(=O)O1. The van der Waals surface area contributed by atoms with Crippen molar-refractivity contribution < 1.29 is 19.2 Å². The summed E-state index contributed by atoms with van der Waals surface area (Å²) in [5, 5.41) is 4.52. The van der Waals surface area contributed by atoms with Crippen LogP contribution in [-0.2, 0) is 14.4 Å². The number of carbonyl (C=O) groups is 2. The van der Waals surface area contributed by atoms with Crippen LogP contribution in [0, 0.1) is 0 Å². The zero-order valence-corrected chi connectivity index (χ0v) is 14.7. The minimum Gasteiger partial charge on any atom is -0.442 e. The van der Waals surface area contributed by atoms with E-state index in [2.05, 4.69) is 19.2 Å². The smallest absolute Gasteiger partial charge is 0.414 e. The monoisotopic (exact) mass is 345 g/mol. The van der Waals surface area contributed by atoms with Crippen molar-refractivity contribution in [1.82, 2.24) is 5.32 Å². The Balaban J connectivity index is 1.64. The van der Waals surface area contributed by atoms with Crippen LogP contribution >= 0.6 is 0 Å². The fraction of sp³-hybridized carbons (Fsp3) is 0.444. The van der Waals surface area contributed by atoms with E-state index in [-0.39, 0.29) is 12.0 Å². The molecule has 2 amide bonds. The first-order chi connectivity index (χ1) is 11.9. The van der Waals surface area contributed by atoms with Gasteiger partial charge in [0.25, 0.3) is 0 Å². The Morgan fingerprint density at radius 2 is 1.88 bits per heavy atom. The molecule has 1 saturated heterocycles. The first kappa shape index (κ1) is 17.3. The van der Waals surface area contributed by atoms with Gasteiger partial charge in [0, 0.05) is 12.6 Å². The van der Waals surface area contributed by atoms with Crippen molar-refractivity contribution in [3.8, 4) is 0 Å². The molecular formula is C18H23N3O4. The molecule has 7 heteroatoms.